The van der Waals surface area contributed by atoms with E-state index in [4.69, 9.17) is 4.74 Å². The molecule has 0 bridgehead atoms. The fraction of sp³-hybridized carbons (Fsp3) is 0.389. The van der Waals surface area contributed by atoms with E-state index in [0.29, 0.717) is 5.88 Å². The number of rotatable bonds is 4. The molecule has 0 spiro atoms. The van der Waals surface area contributed by atoms with Crippen LogP contribution in [0.25, 0.3) is 0 Å². The summed E-state index contributed by atoms with van der Waals surface area (Å²) >= 11 is 0. The highest BCUT2D eigenvalue weighted by Gasteiger charge is 2.19. The molecule has 2 aromatic rings. The minimum Gasteiger partial charge on any atom is -0.439 e. The third kappa shape index (κ3) is 4.05. The maximum atomic E-state index is 6.06. The van der Waals surface area contributed by atoms with Crippen LogP contribution >= 0.6 is 0 Å². The first-order valence-electron chi connectivity index (χ1n) is 7.29. The first-order valence-corrected chi connectivity index (χ1v) is 7.29. The summed E-state index contributed by atoms with van der Waals surface area (Å²) in [5.74, 6) is 1.52. The molecule has 3 heteroatoms. The molecular formula is C18H24N2O. The van der Waals surface area contributed by atoms with Gasteiger partial charge in [0.1, 0.15) is 5.75 Å². The van der Waals surface area contributed by atoms with Crippen molar-refractivity contribution in [3.63, 3.8) is 0 Å². The molecule has 0 aliphatic carbocycles. The smallest absolute Gasteiger partial charge is 0.219 e. The van der Waals surface area contributed by atoms with Crippen LogP contribution < -0.4 is 10.1 Å². The van der Waals surface area contributed by atoms with Gasteiger partial charge in [0, 0.05) is 23.9 Å². The maximum Gasteiger partial charge on any atom is 0.219 e. The Bertz CT molecular complexity index is 615. The van der Waals surface area contributed by atoms with E-state index >= 15 is 0 Å². The number of benzene rings is 1. The summed E-state index contributed by atoms with van der Waals surface area (Å²) < 4.78 is 6.06. The molecule has 0 saturated heterocycles. The molecule has 1 heterocycles. The van der Waals surface area contributed by atoms with Gasteiger partial charge < -0.3 is 10.1 Å². The fourth-order valence-electron chi connectivity index (χ4n) is 2.35. The number of aryl methyl sites for hydroxylation is 1. The van der Waals surface area contributed by atoms with Crippen LogP contribution in [0, 0.1) is 6.92 Å². The molecule has 1 N–H and O–H groups in total. The highest BCUT2D eigenvalue weighted by molar-refractivity contribution is 5.41. The van der Waals surface area contributed by atoms with E-state index in [1.807, 2.05) is 38.2 Å². The van der Waals surface area contributed by atoms with Crippen LogP contribution in [-0.2, 0) is 12.0 Å². The monoisotopic (exact) mass is 284 g/mol. The molecule has 0 radical (unpaired) electrons. The predicted octanol–water partition coefficient (Wildman–Crippen LogP) is 4.20. The Morgan fingerprint density at radius 3 is 2.52 bits per heavy atom. The lowest BCUT2D eigenvalue weighted by Crippen LogP contribution is -2.12. The summed E-state index contributed by atoms with van der Waals surface area (Å²) in [4.78, 5) is 4.48. The number of aromatic nitrogens is 1. The van der Waals surface area contributed by atoms with Gasteiger partial charge in [-0.05, 0) is 37.1 Å². The van der Waals surface area contributed by atoms with Crippen molar-refractivity contribution in [1.82, 2.24) is 10.3 Å². The zero-order valence-corrected chi connectivity index (χ0v) is 13.5. The van der Waals surface area contributed by atoms with E-state index in [1.54, 1.807) is 0 Å². The lowest BCUT2D eigenvalue weighted by Gasteiger charge is -2.22. The van der Waals surface area contributed by atoms with Crippen molar-refractivity contribution in [3.05, 3.63) is 53.2 Å². The maximum absolute atomic E-state index is 6.06. The van der Waals surface area contributed by atoms with Gasteiger partial charge in [-0.2, -0.15) is 0 Å². The van der Waals surface area contributed by atoms with Crippen molar-refractivity contribution >= 4 is 0 Å². The molecule has 1 aromatic heterocycles. The summed E-state index contributed by atoms with van der Waals surface area (Å²) in [5.41, 5.74) is 3.36. The quantitative estimate of drug-likeness (QED) is 0.913. The van der Waals surface area contributed by atoms with Crippen molar-refractivity contribution < 1.29 is 4.74 Å². The summed E-state index contributed by atoms with van der Waals surface area (Å²) in [6.45, 7) is 9.35. The Morgan fingerprint density at radius 1 is 1.14 bits per heavy atom. The minimum absolute atomic E-state index is 0.0359. The zero-order chi connectivity index (χ0) is 15.5. The molecule has 21 heavy (non-hydrogen) atoms. The number of nitrogens with zero attached hydrogens (tertiary/aromatic N) is 1. The SMILES string of the molecule is CNCc1cc(C)nc(Oc2ccccc2C(C)(C)C)c1. The normalized spacial score (nSPS) is 11.5. The Hall–Kier alpha value is -1.87. The number of hydrogen-bond acceptors (Lipinski definition) is 3. The molecule has 112 valence electrons. The summed E-state index contributed by atoms with van der Waals surface area (Å²) in [5, 5.41) is 3.15. The average Bonchev–Trinajstić information content (AvgIpc) is 2.37. The average molecular weight is 284 g/mol. The topological polar surface area (TPSA) is 34.2 Å². The van der Waals surface area contributed by atoms with E-state index < -0.39 is 0 Å². The number of hydrogen-bond donors (Lipinski definition) is 1. The second kappa shape index (κ2) is 6.27. The Labute approximate surface area is 127 Å². The van der Waals surface area contributed by atoms with Gasteiger partial charge in [-0.1, -0.05) is 39.0 Å². The van der Waals surface area contributed by atoms with Crippen molar-refractivity contribution in [2.24, 2.45) is 0 Å². The Morgan fingerprint density at radius 2 is 1.86 bits per heavy atom. The fourth-order valence-corrected chi connectivity index (χ4v) is 2.35. The van der Waals surface area contributed by atoms with Gasteiger partial charge in [0.25, 0.3) is 0 Å². The van der Waals surface area contributed by atoms with Crippen LogP contribution in [0.1, 0.15) is 37.6 Å². The van der Waals surface area contributed by atoms with Crippen LogP contribution in [0.4, 0.5) is 0 Å². The van der Waals surface area contributed by atoms with E-state index in [-0.39, 0.29) is 5.41 Å². The third-order valence-corrected chi connectivity index (χ3v) is 3.28. The minimum atomic E-state index is 0.0359. The van der Waals surface area contributed by atoms with Crippen molar-refractivity contribution in [2.75, 3.05) is 7.05 Å². The van der Waals surface area contributed by atoms with Crippen molar-refractivity contribution in [3.8, 4) is 11.6 Å². The predicted molar refractivity (Wildman–Crippen MR) is 87.0 cm³/mol. The van der Waals surface area contributed by atoms with Gasteiger partial charge >= 0.3 is 0 Å². The zero-order valence-electron chi connectivity index (χ0n) is 13.5. The van der Waals surface area contributed by atoms with Crippen molar-refractivity contribution in [2.45, 2.75) is 39.7 Å². The Balaban J connectivity index is 2.35. The molecule has 0 aliphatic rings. The lowest BCUT2D eigenvalue weighted by atomic mass is 9.86. The summed E-state index contributed by atoms with van der Waals surface area (Å²) in [6, 6.07) is 12.2. The van der Waals surface area contributed by atoms with Crippen LogP contribution in [0.3, 0.4) is 0 Å². The highest BCUT2D eigenvalue weighted by Crippen LogP contribution is 2.33. The van der Waals surface area contributed by atoms with Crippen molar-refractivity contribution in [1.29, 1.82) is 0 Å². The van der Waals surface area contributed by atoms with Gasteiger partial charge in [0.15, 0.2) is 0 Å². The molecule has 0 saturated carbocycles. The molecule has 0 atom stereocenters. The summed E-state index contributed by atoms with van der Waals surface area (Å²) in [6.07, 6.45) is 0. The number of para-hydroxylation sites is 1. The number of pyridine rings is 1. The largest absolute Gasteiger partial charge is 0.439 e. The highest BCUT2D eigenvalue weighted by atomic mass is 16.5. The first kappa shape index (κ1) is 15.5. The lowest BCUT2D eigenvalue weighted by molar-refractivity contribution is 0.438. The Kier molecular flexibility index (Phi) is 4.63. The second-order valence-corrected chi connectivity index (χ2v) is 6.33. The summed E-state index contributed by atoms with van der Waals surface area (Å²) in [7, 11) is 1.94. The van der Waals surface area contributed by atoms with E-state index in [0.717, 1.165) is 18.0 Å². The van der Waals surface area contributed by atoms with E-state index in [2.05, 4.69) is 43.2 Å². The molecule has 1 aromatic carbocycles. The molecule has 0 aliphatic heterocycles. The van der Waals surface area contributed by atoms with Gasteiger partial charge in [-0.3, -0.25) is 0 Å². The molecule has 0 unspecified atom stereocenters. The van der Waals surface area contributed by atoms with Crippen LogP contribution in [0.2, 0.25) is 0 Å². The molecular weight excluding hydrogens is 260 g/mol. The molecule has 0 fully saturated rings. The molecule has 0 amide bonds. The second-order valence-electron chi connectivity index (χ2n) is 6.33. The van der Waals surface area contributed by atoms with E-state index in [9.17, 15) is 0 Å². The van der Waals surface area contributed by atoms with Gasteiger partial charge in [-0.25, -0.2) is 4.98 Å². The van der Waals surface area contributed by atoms with Gasteiger partial charge in [0.2, 0.25) is 5.88 Å². The molecule has 3 nitrogen and oxygen atoms in total. The molecule has 2 rings (SSSR count). The number of ether oxygens (including phenoxy) is 1. The van der Waals surface area contributed by atoms with Gasteiger partial charge in [0.05, 0.1) is 0 Å². The van der Waals surface area contributed by atoms with Crippen LogP contribution in [0.15, 0.2) is 36.4 Å². The van der Waals surface area contributed by atoms with Crippen LogP contribution in [0.5, 0.6) is 11.6 Å². The van der Waals surface area contributed by atoms with Crippen LogP contribution in [-0.4, -0.2) is 12.0 Å². The third-order valence-electron chi connectivity index (χ3n) is 3.28. The number of nitrogens with one attached hydrogen (secondary N) is 1. The standard InChI is InChI=1S/C18H24N2O/c1-13-10-14(12-19-5)11-17(20-13)21-16-9-7-6-8-15(16)18(2,3)4/h6-11,19H,12H2,1-5H3. The van der Waals surface area contributed by atoms with E-state index in [1.165, 1.54) is 11.1 Å². The first-order chi connectivity index (χ1) is 9.90. The van der Waals surface area contributed by atoms with Gasteiger partial charge in [-0.15, -0.1) is 0 Å².